The average Bonchev–Trinajstić information content (AvgIpc) is 2.66. The second-order valence-corrected chi connectivity index (χ2v) is 7.01. The molecule has 1 aliphatic rings. The molecule has 0 atom stereocenters. The van der Waals surface area contributed by atoms with Crippen molar-refractivity contribution in [2.45, 2.75) is 38.5 Å². The number of piperazine rings is 1. The van der Waals surface area contributed by atoms with E-state index in [1.54, 1.807) is 0 Å². The fraction of sp³-hybridized carbons (Fsp3) is 0.765. The van der Waals surface area contributed by atoms with Crippen molar-refractivity contribution >= 4 is 36.9 Å². The third-order valence-corrected chi connectivity index (χ3v) is 4.65. The third-order valence-electron chi connectivity index (χ3n) is 4.25. The van der Waals surface area contributed by atoms with Gasteiger partial charge in [-0.15, -0.1) is 0 Å². The van der Waals surface area contributed by atoms with Crippen LogP contribution in [0.2, 0.25) is 0 Å². The number of carbonyl (C=O) groups is 4. The van der Waals surface area contributed by atoms with Gasteiger partial charge in [-0.05, 0) is 25.7 Å². The normalized spacial score (nSPS) is 14.5. The van der Waals surface area contributed by atoms with E-state index in [4.69, 9.17) is 0 Å². The van der Waals surface area contributed by atoms with Crippen molar-refractivity contribution in [2.24, 2.45) is 0 Å². The summed E-state index contributed by atoms with van der Waals surface area (Å²) >= 11 is 4.26. The lowest BCUT2D eigenvalue weighted by Gasteiger charge is -2.31. The number of hydrogen-bond acceptors (Lipinski definition) is 6. The van der Waals surface area contributed by atoms with Crippen molar-refractivity contribution in [2.75, 3.05) is 45.8 Å². The molecule has 0 aliphatic carbocycles. The average molecular weight is 402 g/mol. The van der Waals surface area contributed by atoms with E-state index in [1.807, 2.05) is 9.21 Å². The van der Waals surface area contributed by atoms with Crippen LogP contribution in [0.5, 0.6) is 0 Å². The Balaban J connectivity index is 1.93. The van der Waals surface area contributed by atoms with E-state index in [1.165, 1.54) is 0 Å². The Morgan fingerprint density at radius 1 is 0.852 bits per heavy atom. The summed E-state index contributed by atoms with van der Waals surface area (Å²) in [4.78, 5) is 46.9. The number of amides is 4. The van der Waals surface area contributed by atoms with Crippen molar-refractivity contribution in [1.29, 1.82) is 0 Å². The van der Waals surface area contributed by atoms with Gasteiger partial charge in [-0.1, -0.05) is 12.8 Å². The standard InChI is InChI=1S/C17H31N5O4S/c23-14-18-13-16(25)20-8-3-1-2-7-19-15(24)5-4-6-17(26)21-9-11-22(27)12-10-21/h14,27H,1-13H2,(H,18,23)(H,19,24)(H,20,25). The molecule has 3 N–H and O–H groups in total. The summed E-state index contributed by atoms with van der Waals surface area (Å²) in [5.41, 5.74) is 0. The Morgan fingerprint density at radius 3 is 2.11 bits per heavy atom. The van der Waals surface area contributed by atoms with Crippen molar-refractivity contribution in [3.8, 4) is 0 Å². The molecule has 0 aromatic carbocycles. The van der Waals surface area contributed by atoms with Crippen LogP contribution in [0.1, 0.15) is 38.5 Å². The number of thiol groups is 1. The molecular weight excluding hydrogens is 370 g/mol. The van der Waals surface area contributed by atoms with Gasteiger partial charge in [-0.2, -0.15) is 0 Å². The number of nitrogens with one attached hydrogen (secondary N) is 3. The molecule has 1 heterocycles. The third kappa shape index (κ3) is 11.5. The highest BCUT2D eigenvalue weighted by atomic mass is 32.1. The maximum atomic E-state index is 12.1. The molecule has 0 bridgehead atoms. The second kappa shape index (κ2) is 14.3. The Labute approximate surface area is 166 Å². The van der Waals surface area contributed by atoms with Crippen LogP contribution in [-0.4, -0.2) is 79.2 Å². The molecule has 4 amide bonds. The van der Waals surface area contributed by atoms with Gasteiger partial charge in [0.2, 0.25) is 24.1 Å². The van der Waals surface area contributed by atoms with Gasteiger partial charge >= 0.3 is 0 Å². The minimum Gasteiger partial charge on any atom is -0.356 e. The molecule has 0 radical (unpaired) electrons. The van der Waals surface area contributed by atoms with Crippen LogP contribution in [0.4, 0.5) is 0 Å². The maximum Gasteiger partial charge on any atom is 0.239 e. The Morgan fingerprint density at radius 2 is 1.48 bits per heavy atom. The summed E-state index contributed by atoms with van der Waals surface area (Å²) in [6.07, 6.45) is 4.35. The van der Waals surface area contributed by atoms with Crippen LogP contribution in [0.3, 0.4) is 0 Å². The van der Waals surface area contributed by atoms with E-state index < -0.39 is 0 Å². The van der Waals surface area contributed by atoms with Gasteiger partial charge in [0.1, 0.15) is 0 Å². The predicted molar refractivity (Wildman–Crippen MR) is 105 cm³/mol. The van der Waals surface area contributed by atoms with Crippen LogP contribution in [0.15, 0.2) is 0 Å². The Bertz CT molecular complexity index is 484. The number of unbranched alkanes of at least 4 members (excludes halogenated alkanes) is 2. The minimum absolute atomic E-state index is 0.00649. The molecule has 1 aliphatic heterocycles. The molecular formula is C17H31N5O4S. The van der Waals surface area contributed by atoms with Crippen LogP contribution < -0.4 is 16.0 Å². The van der Waals surface area contributed by atoms with Gasteiger partial charge in [0, 0.05) is 52.1 Å². The van der Waals surface area contributed by atoms with Crippen LogP contribution >= 0.6 is 12.8 Å². The van der Waals surface area contributed by atoms with Gasteiger partial charge in [0.25, 0.3) is 0 Å². The summed E-state index contributed by atoms with van der Waals surface area (Å²) in [6, 6.07) is 0. The van der Waals surface area contributed by atoms with Gasteiger partial charge in [-0.3, -0.25) is 19.2 Å². The largest absolute Gasteiger partial charge is 0.356 e. The van der Waals surface area contributed by atoms with Crippen LogP contribution in [-0.2, 0) is 19.2 Å². The number of hydrogen-bond donors (Lipinski definition) is 4. The molecule has 0 saturated carbocycles. The van der Waals surface area contributed by atoms with Crippen molar-refractivity contribution < 1.29 is 19.2 Å². The Hall–Kier alpha value is -1.81. The first kappa shape index (κ1) is 23.2. The molecule has 1 fully saturated rings. The van der Waals surface area contributed by atoms with Crippen LogP contribution in [0.25, 0.3) is 0 Å². The number of carbonyl (C=O) groups excluding carboxylic acids is 4. The van der Waals surface area contributed by atoms with Crippen molar-refractivity contribution in [3.63, 3.8) is 0 Å². The Kier molecular flexibility index (Phi) is 12.3. The molecule has 154 valence electrons. The molecule has 0 spiro atoms. The first-order valence-corrected chi connectivity index (χ1v) is 9.85. The quantitative estimate of drug-likeness (QED) is 0.185. The lowest BCUT2D eigenvalue weighted by Crippen LogP contribution is -2.45. The second-order valence-electron chi connectivity index (χ2n) is 6.45. The van der Waals surface area contributed by atoms with E-state index in [9.17, 15) is 19.2 Å². The zero-order valence-electron chi connectivity index (χ0n) is 15.7. The fourth-order valence-electron chi connectivity index (χ4n) is 2.67. The molecule has 0 aromatic heterocycles. The highest BCUT2D eigenvalue weighted by Gasteiger charge is 2.19. The highest BCUT2D eigenvalue weighted by Crippen LogP contribution is 2.07. The monoisotopic (exact) mass is 401 g/mol. The summed E-state index contributed by atoms with van der Waals surface area (Å²) in [7, 11) is 0. The highest BCUT2D eigenvalue weighted by molar-refractivity contribution is 7.77. The number of rotatable bonds is 13. The number of nitrogens with zero attached hydrogens (tertiary/aromatic N) is 2. The van der Waals surface area contributed by atoms with Crippen molar-refractivity contribution in [3.05, 3.63) is 0 Å². The van der Waals surface area contributed by atoms with E-state index in [2.05, 4.69) is 28.8 Å². The molecule has 10 heteroatoms. The summed E-state index contributed by atoms with van der Waals surface area (Å²) in [5, 5.41) is 7.84. The van der Waals surface area contributed by atoms with E-state index >= 15 is 0 Å². The molecule has 1 rings (SSSR count). The zero-order chi connectivity index (χ0) is 19.9. The summed E-state index contributed by atoms with van der Waals surface area (Å²) in [6.45, 7) is 4.08. The molecule has 0 unspecified atom stereocenters. The van der Waals surface area contributed by atoms with E-state index in [0.717, 1.165) is 32.4 Å². The van der Waals surface area contributed by atoms with Gasteiger partial charge in [0.05, 0.1) is 6.54 Å². The SMILES string of the molecule is O=CNCC(=O)NCCCCCNC(=O)CCCC(=O)N1CCN(S)CC1. The first-order chi connectivity index (χ1) is 13.0. The van der Waals surface area contributed by atoms with Crippen LogP contribution in [0, 0.1) is 0 Å². The van der Waals surface area contributed by atoms with Gasteiger partial charge in [-0.25, -0.2) is 4.31 Å². The lowest BCUT2D eigenvalue weighted by molar-refractivity contribution is -0.132. The van der Waals surface area contributed by atoms with Gasteiger partial charge in [0.15, 0.2) is 0 Å². The maximum absolute atomic E-state index is 12.1. The zero-order valence-corrected chi connectivity index (χ0v) is 16.6. The molecule has 0 aromatic rings. The molecule has 27 heavy (non-hydrogen) atoms. The predicted octanol–water partition coefficient (Wildman–Crippen LogP) is -0.706. The fourth-order valence-corrected chi connectivity index (χ4v) is 2.85. The van der Waals surface area contributed by atoms with E-state index in [-0.39, 0.29) is 24.3 Å². The van der Waals surface area contributed by atoms with E-state index in [0.29, 0.717) is 51.9 Å². The smallest absolute Gasteiger partial charge is 0.239 e. The lowest BCUT2D eigenvalue weighted by atomic mass is 10.2. The summed E-state index contributed by atoms with van der Waals surface area (Å²) in [5.74, 6) is -0.136. The molecule has 1 saturated heterocycles. The topological polar surface area (TPSA) is 111 Å². The van der Waals surface area contributed by atoms with Gasteiger partial charge < -0.3 is 20.9 Å². The first-order valence-electron chi connectivity index (χ1n) is 9.45. The van der Waals surface area contributed by atoms with Crippen molar-refractivity contribution in [1.82, 2.24) is 25.2 Å². The summed E-state index contributed by atoms with van der Waals surface area (Å²) < 4.78 is 1.90. The molecule has 9 nitrogen and oxygen atoms in total. The minimum atomic E-state index is -0.211.